The molecule has 1 N–H and O–H groups in total. The Kier molecular flexibility index (Phi) is 5.91. The molecule has 1 aromatic rings. The van der Waals surface area contributed by atoms with Crippen molar-refractivity contribution in [2.45, 2.75) is 63.5 Å². The van der Waals surface area contributed by atoms with Crippen LogP contribution in [-0.4, -0.2) is 58.5 Å². The third-order valence-corrected chi connectivity index (χ3v) is 6.73. The van der Waals surface area contributed by atoms with Gasteiger partial charge in [0, 0.05) is 30.4 Å². The number of piperazine rings is 1. The van der Waals surface area contributed by atoms with Crippen LogP contribution in [0.5, 0.6) is 0 Å². The van der Waals surface area contributed by atoms with Crippen LogP contribution in [0.15, 0.2) is 24.3 Å². The standard InChI is InChI=1S/C24H30N2O3/c1-2-22(28)25-14-20-24(21(16-27)26(20)23(29)15-25)19-12-10-18(11-13-19)9-8-17-6-4-3-5-7-17/h10-13,17,20-21,24,27H,2-7,14-16H2,1H3/t20-,21+,24-/m0/s1. The van der Waals surface area contributed by atoms with Crippen LogP contribution < -0.4 is 0 Å². The molecule has 0 radical (unpaired) electrons. The molecule has 1 aliphatic carbocycles. The number of aliphatic hydroxyl groups is 1. The molecule has 4 rings (SSSR count). The molecule has 3 atom stereocenters. The van der Waals surface area contributed by atoms with Crippen molar-refractivity contribution in [3.63, 3.8) is 0 Å². The number of hydrogen-bond acceptors (Lipinski definition) is 3. The van der Waals surface area contributed by atoms with E-state index in [4.69, 9.17) is 0 Å². The average Bonchev–Trinajstić information content (AvgIpc) is 2.74. The van der Waals surface area contributed by atoms with Gasteiger partial charge in [0.15, 0.2) is 0 Å². The zero-order chi connectivity index (χ0) is 20.4. The largest absolute Gasteiger partial charge is 0.394 e. The zero-order valence-corrected chi connectivity index (χ0v) is 17.1. The van der Waals surface area contributed by atoms with Gasteiger partial charge in [0.1, 0.15) is 0 Å². The molecule has 2 aliphatic heterocycles. The van der Waals surface area contributed by atoms with E-state index in [-0.39, 0.29) is 43.0 Å². The summed E-state index contributed by atoms with van der Waals surface area (Å²) in [5.74, 6) is 7.27. The van der Waals surface area contributed by atoms with E-state index >= 15 is 0 Å². The van der Waals surface area contributed by atoms with Crippen LogP contribution in [0.25, 0.3) is 0 Å². The van der Waals surface area contributed by atoms with E-state index in [0.29, 0.717) is 18.9 Å². The Morgan fingerprint density at radius 2 is 1.90 bits per heavy atom. The van der Waals surface area contributed by atoms with Crippen molar-refractivity contribution in [1.29, 1.82) is 0 Å². The second-order valence-electron chi connectivity index (χ2n) is 8.50. The molecule has 2 amide bonds. The Morgan fingerprint density at radius 1 is 1.17 bits per heavy atom. The van der Waals surface area contributed by atoms with Crippen LogP contribution in [0.2, 0.25) is 0 Å². The fourth-order valence-corrected chi connectivity index (χ4v) is 5.13. The Hall–Kier alpha value is -2.32. The first-order chi connectivity index (χ1) is 14.1. The summed E-state index contributed by atoms with van der Waals surface area (Å²) in [4.78, 5) is 28.1. The number of amides is 2. The van der Waals surface area contributed by atoms with E-state index in [9.17, 15) is 14.7 Å². The maximum absolute atomic E-state index is 12.5. The normalized spacial score (nSPS) is 27.0. The second-order valence-corrected chi connectivity index (χ2v) is 8.50. The zero-order valence-electron chi connectivity index (χ0n) is 17.1. The Morgan fingerprint density at radius 3 is 2.55 bits per heavy atom. The maximum atomic E-state index is 12.5. The van der Waals surface area contributed by atoms with Crippen molar-refractivity contribution in [3.05, 3.63) is 35.4 Å². The summed E-state index contributed by atoms with van der Waals surface area (Å²) >= 11 is 0. The molecule has 0 spiro atoms. The van der Waals surface area contributed by atoms with Crippen molar-refractivity contribution in [3.8, 4) is 11.8 Å². The molecule has 3 fully saturated rings. The van der Waals surface area contributed by atoms with Crippen LogP contribution in [0.4, 0.5) is 0 Å². The van der Waals surface area contributed by atoms with Crippen LogP contribution in [-0.2, 0) is 9.59 Å². The van der Waals surface area contributed by atoms with Crippen molar-refractivity contribution >= 4 is 11.8 Å². The molecule has 0 bridgehead atoms. The SMILES string of the molecule is CCC(=O)N1CC(=O)N2[C@H](CO)[C@@H](c3ccc(C#CC4CCCCC4)cc3)[C@@H]2C1. The fourth-order valence-electron chi connectivity index (χ4n) is 5.13. The number of fused-ring (bicyclic) bond motifs is 1. The van der Waals surface area contributed by atoms with Crippen LogP contribution in [0, 0.1) is 17.8 Å². The van der Waals surface area contributed by atoms with Gasteiger partial charge >= 0.3 is 0 Å². The molecule has 1 saturated carbocycles. The number of hydrogen-bond donors (Lipinski definition) is 1. The topological polar surface area (TPSA) is 60.9 Å². The minimum atomic E-state index is -0.203. The van der Waals surface area contributed by atoms with Crippen LogP contribution in [0.3, 0.4) is 0 Å². The Balaban J connectivity index is 1.48. The van der Waals surface area contributed by atoms with Gasteiger partial charge in [0.05, 0.1) is 25.2 Å². The molecule has 2 heterocycles. The van der Waals surface area contributed by atoms with Crippen molar-refractivity contribution in [2.75, 3.05) is 19.7 Å². The quantitative estimate of drug-likeness (QED) is 0.802. The lowest BCUT2D eigenvalue weighted by Crippen LogP contribution is -2.73. The van der Waals surface area contributed by atoms with E-state index in [2.05, 4.69) is 24.0 Å². The molecular formula is C24H30N2O3. The predicted octanol–water partition coefficient (Wildman–Crippen LogP) is 2.53. The minimum absolute atomic E-state index is 0.0116. The lowest BCUT2D eigenvalue weighted by atomic mass is 9.73. The highest BCUT2D eigenvalue weighted by atomic mass is 16.3. The molecule has 0 unspecified atom stereocenters. The summed E-state index contributed by atoms with van der Waals surface area (Å²) in [7, 11) is 0. The third-order valence-electron chi connectivity index (χ3n) is 6.73. The number of benzene rings is 1. The first-order valence-electron chi connectivity index (χ1n) is 10.9. The second kappa shape index (κ2) is 8.59. The summed E-state index contributed by atoms with van der Waals surface area (Å²) in [6, 6.07) is 7.97. The molecule has 5 heteroatoms. The van der Waals surface area contributed by atoms with Gasteiger partial charge < -0.3 is 14.9 Å². The lowest BCUT2D eigenvalue weighted by Gasteiger charge is -2.58. The smallest absolute Gasteiger partial charge is 0.242 e. The summed E-state index contributed by atoms with van der Waals surface area (Å²) in [6.45, 7) is 2.43. The summed E-state index contributed by atoms with van der Waals surface area (Å²) in [5, 5.41) is 9.88. The Bertz CT molecular complexity index is 817. The van der Waals surface area contributed by atoms with Crippen molar-refractivity contribution in [2.24, 2.45) is 5.92 Å². The number of aliphatic hydroxyl groups excluding tert-OH is 1. The maximum Gasteiger partial charge on any atom is 0.242 e. The van der Waals surface area contributed by atoms with Gasteiger partial charge in [-0.05, 0) is 30.5 Å². The highest BCUT2D eigenvalue weighted by molar-refractivity contribution is 5.87. The van der Waals surface area contributed by atoms with Gasteiger partial charge in [-0.2, -0.15) is 0 Å². The molecule has 3 aliphatic rings. The van der Waals surface area contributed by atoms with Crippen LogP contribution >= 0.6 is 0 Å². The average molecular weight is 395 g/mol. The van der Waals surface area contributed by atoms with Crippen LogP contribution in [0.1, 0.15) is 62.5 Å². The van der Waals surface area contributed by atoms with Gasteiger partial charge in [-0.1, -0.05) is 50.2 Å². The summed E-state index contributed by atoms with van der Waals surface area (Å²) in [5.41, 5.74) is 2.12. The van der Waals surface area contributed by atoms with Crippen molar-refractivity contribution < 1.29 is 14.7 Å². The molecule has 154 valence electrons. The van der Waals surface area contributed by atoms with Gasteiger partial charge in [0.2, 0.25) is 11.8 Å². The number of carbonyl (C=O) groups is 2. The number of carbonyl (C=O) groups excluding carboxylic acids is 2. The van der Waals surface area contributed by atoms with E-state index in [1.165, 1.54) is 32.1 Å². The number of nitrogens with zero attached hydrogens (tertiary/aromatic N) is 2. The van der Waals surface area contributed by atoms with Gasteiger partial charge in [0.25, 0.3) is 0 Å². The number of rotatable bonds is 3. The molecule has 0 aromatic heterocycles. The van der Waals surface area contributed by atoms with Gasteiger partial charge in [-0.25, -0.2) is 0 Å². The monoisotopic (exact) mass is 394 g/mol. The van der Waals surface area contributed by atoms with Crippen molar-refractivity contribution in [1.82, 2.24) is 9.80 Å². The first kappa shape index (κ1) is 20.0. The predicted molar refractivity (Wildman–Crippen MR) is 111 cm³/mol. The highest BCUT2D eigenvalue weighted by Crippen LogP contribution is 2.43. The van der Waals surface area contributed by atoms with E-state index in [1.807, 2.05) is 19.1 Å². The third kappa shape index (κ3) is 3.91. The molecule has 2 saturated heterocycles. The van der Waals surface area contributed by atoms with Gasteiger partial charge in [-0.15, -0.1) is 0 Å². The molecular weight excluding hydrogens is 364 g/mol. The minimum Gasteiger partial charge on any atom is -0.394 e. The molecule has 5 nitrogen and oxygen atoms in total. The first-order valence-corrected chi connectivity index (χ1v) is 10.9. The fraction of sp³-hybridized carbons (Fsp3) is 0.583. The van der Waals surface area contributed by atoms with E-state index in [0.717, 1.165) is 11.1 Å². The molecule has 1 aromatic carbocycles. The molecule has 29 heavy (non-hydrogen) atoms. The lowest BCUT2D eigenvalue weighted by molar-refractivity contribution is -0.166. The summed E-state index contributed by atoms with van der Waals surface area (Å²) in [6.07, 6.45) is 6.74. The van der Waals surface area contributed by atoms with E-state index < -0.39 is 0 Å². The highest BCUT2D eigenvalue weighted by Gasteiger charge is 2.54. The Labute approximate surface area is 173 Å². The van der Waals surface area contributed by atoms with Gasteiger partial charge in [-0.3, -0.25) is 9.59 Å². The summed E-state index contributed by atoms with van der Waals surface area (Å²) < 4.78 is 0. The van der Waals surface area contributed by atoms with E-state index in [1.54, 1.807) is 9.80 Å².